The van der Waals surface area contributed by atoms with E-state index in [9.17, 15) is 4.79 Å². The van der Waals surface area contributed by atoms with E-state index in [4.69, 9.17) is 14.9 Å². The lowest BCUT2D eigenvalue weighted by Crippen LogP contribution is -2.53. The van der Waals surface area contributed by atoms with Crippen LogP contribution in [0, 0.1) is 5.41 Å². The van der Waals surface area contributed by atoms with Gasteiger partial charge in [0, 0.05) is 67.7 Å². The highest BCUT2D eigenvalue weighted by Crippen LogP contribution is 2.44. The number of hydrogen-bond acceptors (Lipinski definition) is 7. The third kappa shape index (κ3) is 3.60. The molecule has 1 spiro atoms. The number of para-hydroxylation sites is 1. The summed E-state index contributed by atoms with van der Waals surface area (Å²) in [5.41, 5.74) is 4.79. The van der Waals surface area contributed by atoms with Crippen molar-refractivity contribution in [1.29, 1.82) is 5.41 Å². The summed E-state index contributed by atoms with van der Waals surface area (Å²) in [5, 5.41) is 14.1. The highest BCUT2D eigenvalue weighted by Gasteiger charge is 2.45. The summed E-state index contributed by atoms with van der Waals surface area (Å²) in [6.07, 6.45) is 3.53. The van der Waals surface area contributed by atoms with Crippen LogP contribution in [-0.2, 0) is 6.42 Å². The largest absolute Gasteiger partial charge is 0.493 e. The fraction of sp³-hybridized carbons (Fsp3) is 0.296. The molecule has 0 atom stereocenters. The Bertz CT molecular complexity index is 1350. The summed E-state index contributed by atoms with van der Waals surface area (Å²) < 4.78 is 12.1. The lowest BCUT2D eigenvalue weighted by atomic mass is 9.80. The van der Waals surface area contributed by atoms with E-state index < -0.39 is 5.60 Å². The molecule has 2 N–H and O–H groups in total. The van der Waals surface area contributed by atoms with Crippen LogP contribution < -0.4 is 14.8 Å². The molecular formula is C27H26N4O3S. The van der Waals surface area contributed by atoms with E-state index in [2.05, 4.69) is 16.4 Å². The third-order valence-electron chi connectivity index (χ3n) is 7.13. The number of piperidine rings is 1. The molecule has 1 aromatic heterocycles. The Kier molecular flexibility index (Phi) is 5.33. The molecule has 6 rings (SSSR count). The molecule has 178 valence electrons. The van der Waals surface area contributed by atoms with Gasteiger partial charge in [-0.3, -0.25) is 4.79 Å². The molecule has 35 heavy (non-hydrogen) atoms. The molecule has 7 nitrogen and oxygen atoms in total. The second kappa shape index (κ2) is 8.53. The van der Waals surface area contributed by atoms with Gasteiger partial charge in [0.15, 0.2) is 0 Å². The molecule has 0 unspecified atom stereocenters. The van der Waals surface area contributed by atoms with Gasteiger partial charge in [-0.2, -0.15) is 0 Å². The summed E-state index contributed by atoms with van der Waals surface area (Å²) in [6, 6.07) is 14.0. The summed E-state index contributed by atoms with van der Waals surface area (Å²) in [7, 11) is 1.88. The van der Waals surface area contributed by atoms with E-state index in [0.29, 0.717) is 31.6 Å². The predicted octanol–water partition coefficient (Wildman–Crippen LogP) is 4.39. The monoisotopic (exact) mass is 486 g/mol. The molecule has 2 aromatic carbocycles. The number of rotatable bonds is 4. The highest BCUT2D eigenvalue weighted by atomic mass is 32.1. The quantitative estimate of drug-likeness (QED) is 0.534. The average Bonchev–Trinajstić information content (AvgIpc) is 3.57. The number of hydrogen-bond donors (Lipinski definition) is 2. The first-order valence-electron chi connectivity index (χ1n) is 11.8. The molecule has 0 aliphatic carbocycles. The van der Waals surface area contributed by atoms with Crippen LogP contribution in [0.2, 0.25) is 0 Å². The topological polar surface area (TPSA) is 87.5 Å². The first kappa shape index (κ1) is 21.9. The van der Waals surface area contributed by atoms with Gasteiger partial charge in [0.1, 0.15) is 27.8 Å². The second-order valence-corrected chi connectivity index (χ2v) is 9.88. The Morgan fingerprint density at radius 1 is 1.20 bits per heavy atom. The Morgan fingerprint density at radius 2 is 2.03 bits per heavy atom. The predicted molar refractivity (Wildman–Crippen MR) is 136 cm³/mol. The number of thiazole rings is 1. The fourth-order valence-electron chi connectivity index (χ4n) is 5.30. The first-order chi connectivity index (χ1) is 17.1. The van der Waals surface area contributed by atoms with Gasteiger partial charge in [0.2, 0.25) is 0 Å². The van der Waals surface area contributed by atoms with Crippen LogP contribution in [0.1, 0.15) is 34.5 Å². The molecule has 1 fully saturated rings. The average molecular weight is 487 g/mol. The summed E-state index contributed by atoms with van der Waals surface area (Å²) in [6.45, 7) is 1.80. The molecule has 0 saturated carbocycles. The maximum absolute atomic E-state index is 13.3. The molecule has 3 aromatic rings. The zero-order valence-electron chi connectivity index (χ0n) is 19.5. The number of ether oxygens (including phenoxy) is 2. The van der Waals surface area contributed by atoms with Crippen molar-refractivity contribution < 1.29 is 14.3 Å². The van der Waals surface area contributed by atoms with Crippen molar-refractivity contribution in [3.8, 4) is 22.1 Å². The molecule has 0 radical (unpaired) electrons. The van der Waals surface area contributed by atoms with Crippen LogP contribution in [0.15, 0.2) is 53.4 Å². The van der Waals surface area contributed by atoms with E-state index in [1.54, 1.807) is 0 Å². The zero-order valence-corrected chi connectivity index (χ0v) is 20.3. The molecule has 4 heterocycles. The van der Waals surface area contributed by atoms with Gasteiger partial charge in [0.25, 0.3) is 5.91 Å². The van der Waals surface area contributed by atoms with Gasteiger partial charge in [-0.15, -0.1) is 11.3 Å². The highest BCUT2D eigenvalue weighted by molar-refractivity contribution is 7.13. The Hall–Kier alpha value is -3.65. The lowest BCUT2D eigenvalue weighted by Gasteiger charge is -2.45. The molecule has 8 heteroatoms. The standard InChI is InChI=1S/C27H26N4O3S/c1-29-24-19-4-2-3-5-23(19)34-27(20(24)15-28)9-11-31(12-10-27)26(32)21-16-35-25(30-21)18-6-7-22-17(14-18)8-13-33-22/h2-7,14-16,28-29H,8-13H2,1H3. The maximum atomic E-state index is 13.3. The number of fused-ring (bicyclic) bond motifs is 2. The number of carbonyl (C=O) groups is 1. The molecule has 1 saturated heterocycles. The van der Waals surface area contributed by atoms with Crippen molar-refractivity contribution in [3.05, 3.63) is 70.2 Å². The Morgan fingerprint density at radius 3 is 2.83 bits per heavy atom. The number of aromatic nitrogens is 1. The smallest absolute Gasteiger partial charge is 0.273 e. The fourth-order valence-corrected chi connectivity index (χ4v) is 6.09. The van der Waals surface area contributed by atoms with Crippen molar-refractivity contribution in [2.45, 2.75) is 24.9 Å². The number of benzene rings is 2. The normalized spacial score (nSPS) is 17.9. The molecule has 3 aliphatic rings. The van der Waals surface area contributed by atoms with Crippen molar-refractivity contribution in [3.63, 3.8) is 0 Å². The van der Waals surface area contributed by atoms with Crippen molar-refractivity contribution in [1.82, 2.24) is 15.2 Å². The first-order valence-corrected chi connectivity index (χ1v) is 12.7. The minimum absolute atomic E-state index is 0.0581. The van der Waals surface area contributed by atoms with Gasteiger partial charge in [0.05, 0.1) is 12.3 Å². The van der Waals surface area contributed by atoms with Crippen LogP contribution >= 0.6 is 11.3 Å². The molecule has 1 amide bonds. The van der Waals surface area contributed by atoms with E-state index in [0.717, 1.165) is 51.9 Å². The van der Waals surface area contributed by atoms with Crippen molar-refractivity contribution in [2.24, 2.45) is 0 Å². The number of amides is 1. The summed E-state index contributed by atoms with van der Waals surface area (Å²) in [5.74, 6) is 1.69. The summed E-state index contributed by atoms with van der Waals surface area (Å²) >= 11 is 1.49. The van der Waals surface area contributed by atoms with Crippen LogP contribution in [0.5, 0.6) is 11.5 Å². The van der Waals surface area contributed by atoms with Crippen LogP contribution in [0.3, 0.4) is 0 Å². The third-order valence-corrected chi connectivity index (χ3v) is 8.03. The number of nitrogens with zero attached hydrogens (tertiary/aromatic N) is 2. The van der Waals surface area contributed by atoms with Crippen LogP contribution in [0.4, 0.5) is 0 Å². The molecule has 0 bridgehead atoms. The number of likely N-dealkylation sites (tertiary alicyclic amines) is 1. The van der Waals surface area contributed by atoms with E-state index in [-0.39, 0.29) is 5.91 Å². The minimum Gasteiger partial charge on any atom is -0.493 e. The van der Waals surface area contributed by atoms with E-state index >= 15 is 0 Å². The maximum Gasteiger partial charge on any atom is 0.273 e. The van der Waals surface area contributed by atoms with Crippen LogP contribution in [0.25, 0.3) is 16.3 Å². The molecular weight excluding hydrogens is 460 g/mol. The number of nitrogens with one attached hydrogen (secondary N) is 2. The van der Waals surface area contributed by atoms with Gasteiger partial charge < -0.3 is 25.1 Å². The minimum atomic E-state index is -0.620. The SMILES string of the molecule is CNC1=C(C=N)C2(CCN(C(=O)c3csc(-c4ccc5c(c4)CCO5)n3)CC2)Oc2ccccc21. The Balaban J connectivity index is 1.21. The van der Waals surface area contributed by atoms with Crippen molar-refractivity contribution in [2.75, 3.05) is 26.7 Å². The van der Waals surface area contributed by atoms with E-state index in [1.807, 2.05) is 53.7 Å². The van der Waals surface area contributed by atoms with Gasteiger partial charge in [-0.1, -0.05) is 12.1 Å². The van der Waals surface area contributed by atoms with Crippen LogP contribution in [-0.4, -0.2) is 54.4 Å². The lowest BCUT2D eigenvalue weighted by molar-refractivity contribution is 0.0288. The van der Waals surface area contributed by atoms with Gasteiger partial charge >= 0.3 is 0 Å². The van der Waals surface area contributed by atoms with Gasteiger partial charge in [-0.05, 0) is 35.9 Å². The Labute approximate surface area is 207 Å². The summed E-state index contributed by atoms with van der Waals surface area (Å²) in [4.78, 5) is 19.8. The second-order valence-electron chi connectivity index (χ2n) is 9.03. The van der Waals surface area contributed by atoms with E-state index in [1.165, 1.54) is 23.1 Å². The zero-order chi connectivity index (χ0) is 24.0. The number of carbonyl (C=O) groups excluding carboxylic acids is 1. The van der Waals surface area contributed by atoms with Gasteiger partial charge in [-0.25, -0.2) is 4.98 Å². The molecule has 3 aliphatic heterocycles. The van der Waals surface area contributed by atoms with Crippen molar-refractivity contribution >= 4 is 29.2 Å².